The van der Waals surface area contributed by atoms with Crippen LogP contribution in [0.5, 0.6) is 5.75 Å². The molecule has 0 spiro atoms. The predicted molar refractivity (Wildman–Crippen MR) is 88.9 cm³/mol. The fourth-order valence-electron chi connectivity index (χ4n) is 2.14. The molecule has 1 atom stereocenters. The van der Waals surface area contributed by atoms with Crippen molar-refractivity contribution in [2.45, 2.75) is 39.5 Å². The Morgan fingerprint density at radius 1 is 1.05 bits per heavy atom. The van der Waals surface area contributed by atoms with Crippen LogP contribution in [0.4, 0.5) is 0 Å². The lowest BCUT2D eigenvalue weighted by Gasteiger charge is -2.15. The standard InChI is InChI=1S/C18H22ClNO/c1-13(2)21-18-6-4-5-15(11-18)12-20-14(3)16-7-9-17(19)10-8-16/h4-11,13-14,20H,12H2,1-3H3/t14-/m1/s1. The van der Waals surface area contributed by atoms with E-state index in [0.29, 0.717) is 0 Å². The number of rotatable bonds is 6. The van der Waals surface area contributed by atoms with E-state index < -0.39 is 0 Å². The van der Waals surface area contributed by atoms with Gasteiger partial charge in [-0.15, -0.1) is 0 Å². The Bertz CT molecular complexity index is 566. The molecule has 0 aliphatic heterocycles. The number of nitrogens with one attached hydrogen (secondary N) is 1. The van der Waals surface area contributed by atoms with Gasteiger partial charge in [-0.2, -0.15) is 0 Å². The van der Waals surface area contributed by atoms with Crippen LogP contribution in [0.1, 0.15) is 37.9 Å². The van der Waals surface area contributed by atoms with Crippen molar-refractivity contribution >= 4 is 11.6 Å². The summed E-state index contributed by atoms with van der Waals surface area (Å²) in [5.74, 6) is 0.920. The van der Waals surface area contributed by atoms with Gasteiger partial charge < -0.3 is 10.1 Å². The molecule has 2 aromatic carbocycles. The van der Waals surface area contributed by atoms with E-state index in [0.717, 1.165) is 17.3 Å². The predicted octanol–water partition coefficient (Wildman–Crippen LogP) is 4.98. The Hall–Kier alpha value is -1.51. The molecule has 2 nitrogen and oxygen atoms in total. The van der Waals surface area contributed by atoms with Gasteiger partial charge in [0.15, 0.2) is 0 Å². The van der Waals surface area contributed by atoms with E-state index in [2.05, 4.69) is 36.5 Å². The van der Waals surface area contributed by atoms with Crippen molar-refractivity contribution < 1.29 is 4.74 Å². The Kier molecular flexibility index (Phi) is 5.66. The topological polar surface area (TPSA) is 21.3 Å². The summed E-state index contributed by atoms with van der Waals surface area (Å²) in [4.78, 5) is 0. The third kappa shape index (κ3) is 5.07. The zero-order chi connectivity index (χ0) is 15.2. The van der Waals surface area contributed by atoms with E-state index in [-0.39, 0.29) is 12.1 Å². The summed E-state index contributed by atoms with van der Waals surface area (Å²) in [5.41, 5.74) is 2.45. The summed E-state index contributed by atoms with van der Waals surface area (Å²) in [7, 11) is 0. The zero-order valence-electron chi connectivity index (χ0n) is 12.8. The van der Waals surface area contributed by atoms with Crippen LogP contribution in [0.15, 0.2) is 48.5 Å². The highest BCUT2D eigenvalue weighted by Gasteiger charge is 2.05. The molecule has 0 heterocycles. The van der Waals surface area contributed by atoms with Crippen molar-refractivity contribution in [3.8, 4) is 5.75 Å². The van der Waals surface area contributed by atoms with Crippen molar-refractivity contribution in [3.05, 3.63) is 64.7 Å². The molecule has 112 valence electrons. The fraction of sp³-hybridized carbons (Fsp3) is 0.333. The maximum absolute atomic E-state index is 5.91. The van der Waals surface area contributed by atoms with Gasteiger partial charge in [0.1, 0.15) is 5.75 Å². The van der Waals surface area contributed by atoms with Crippen LogP contribution in [-0.4, -0.2) is 6.10 Å². The second-order valence-electron chi connectivity index (χ2n) is 5.47. The molecule has 0 amide bonds. The number of halogens is 1. The third-order valence-corrected chi connectivity index (χ3v) is 3.50. The molecule has 2 aromatic rings. The molecule has 0 saturated heterocycles. The molecule has 0 aliphatic rings. The highest BCUT2D eigenvalue weighted by atomic mass is 35.5. The summed E-state index contributed by atoms with van der Waals surface area (Å²) >= 11 is 5.91. The minimum absolute atomic E-state index is 0.196. The van der Waals surface area contributed by atoms with Gasteiger partial charge in [-0.25, -0.2) is 0 Å². The van der Waals surface area contributed by atoms with Crippen LogP contribution in [0.2, 0.25) is 5.02 Å². The van der Waals surface area contributed by atoms with Gasteiger partial charge in [-0.05, 0) is 56.2 Å². The average molecular weight is 304 g/mol. The van der Waals surface area contributed by atoms with Gasteiger partial charge >= 0.3 is 0 Å². The first-order valence-electron chi connectivity index (χ1n) is 7.29. The Morgan fingerprint density at radius 3 is 2.43 bits per heavy atom. The number of hydrogen-bond donors (Lipinski definition) is 1. The SMILES string of the molecule is CC(C)Oc1cccc(CN[C@H](C)c2ccc(Cl)cc2)c1. The lowest BCUT2D eigenvalue weighted by atomic mass is 10.1. The van der Waals surface area contributed by atoms with Gasteiger partial charge in [0.2, 0.25) is 0 Å². The van der Waals surface area contributed by atoms with Crippen LogP contribution in [0.3, 0.4) is 0 Å². The summed E-state index contributed by atoms with van der Waals surface area (Å²) in [5, 5.41) is 4.28. The first kappa shape index (κ1) is 15.9. The largest absolute Gasteiger partial charge is 0.491 e. The van der Waals surface area contributed by atoms with Crippen LogP contribution in [0, 0.1) is 0 Å². The molecular formula is C18H22ClNO. The van der Waals surface area contributed by atoms with Crippen molar-refractivity contribution in [3.63, 3.8) is 0 Å². The first-order chi connectivity index (χ1) is 10.0. The van der Waals surface area contributed by atoms with E-state index in [1.54, 1.807) is 0 Å². The molecular weight excluding hydrogens is 282 g/mol. The van der Waals surface area contributed by atoms with Gasteiger partial charge in [-0.1, -0.05) is 35.9 Å². The van der Waals surface area contributed by atoms with E-state index in [1.165, 1.54) is 11.1 Å². The Labute approximate surface area is 132 Å². The summed E-state index contributed by atoms with van der Waals surface area (Å²) in [6, 6.07) is 16.4. The molecule has 0 aliphatic carbocycles. The molecule has 0 saturated carbocycles. The van der Waals surface area contributed by atoms with Gasteiger partial charge in [0, 0.05) is 17.6 Å². The molecule has 0 fully saturated rings. The van der Waals surface area contributed by atoms with Gasteiger partial charge in [-0.3, -0.25) is 0 Å². The van der Waals surface area contributed by atoms with E-state index in [1.807, 2.05) is 38.1 Å². The second-order valence-corrected chi connectivity index (χ2v) is 5.90. The maximum atomic E-state index is 5.91. The maximum Gasteiger partial charge on any atom is 0.120 e. The summed E-state index contributed by atoms with van der Waals surface area (Å²) in [6.45, 7) is 7.03. The van der Waals surface area contributed by atoms with Crippen LogP contribution < -0.4 is 10.1 Å². The van der Waals surface area contributed by atoms with E-state index >= 15 is 0 Å². The summed E-state index contributed by atoms with van der Waals surface area (Å²) < 4.78 is 5.72. The molecule has 0 radical (unpaired) electrons. The number of hydrogen-bond acceptors (Lipinski definition) is 2. The normalized spacial score (nSPS) is 12.4. The molecule has 0 bridgehead atoms. The second kappa shape index (κ2) is 7.48. The minimum atomic E-state index is 0.196. The van der Waals surface area contributed by atoms with Crippen LogP contribution in [0.25, 0.3) is 0 Å². The fourth-order valence-corrected chi connectivity index (χ4v) is 2.27. The minimum Gasteiger partial charge on any atom is -0.491 e. The lowest BCUT2D eigenvalue weighted by Crippen LogP contribution is -2.18. The molecule has 0 aromatic heterocycles. The average Bonchev–Trinajstić information content (AvgIpc) is 2.45. The molecule has 1 N–H and O–H groups in total. The third-order valence-electron chi connectivity index (χ3n) is 3.25. The monoisotopic (exact) mass is 303 g/mol. The van der Waals surface area contributed by atoms with Crippen molar-refractivity contribution in [1.82, 2.24) is 5.32 Å². The van der Waals surface area contributed by atoms with Crippen molar-refractivity contribution in [1.29, 1.82) is 0 Å². The van der Waals surface area contributed by atoms with Gasteiger partial charge in [0.25, 0.3) is 0 Å². The summed E-state index contributed by atoms with van der Waals surface area (Å²) in [6.07, 6.45) is 0.196. The van der Waals surface area contributed by atoms with Crippen LogP contribution in [-0.2, 0) is 6.54 Å². The van der Waals surface area contributed by atoms with E-state index in [9.17, 15) is 0 Å². The number of benzene rings is 2. The van der Waals surface area contributed by atoms with Gasteiger partial charge in [0.05, 0.1) is 6.10 Å². The highest BCUT2D eigenvalue weighted by molar-refractivity contribution is 6.30. The highest BCUT2D eigenvalue weighted by Crippen LogP contribution is 2.18. The molecule has 3 heteroatoms. The molecule has 0 unspecified atom stereocenters. The number of ether oxygens (including phenoxy) is 1. The zero-order valence-corrected chi connectivity index (χ0v) is 13.5. The van der Waals surface area contributed by atoms with E-state index in [4.69, 9.17) is 16.3 Å². The smallest absolute Gasteiger partial charge is 0.120 e. The first-order valence-corrected chi connectivity index (χ1v) is 7.67. The Morgan fingerprint density at radius 2 is 1.76 bits per heavy atom. The van der Waals surface area contributed by atoms with Crippen molar-refractivity contribution in [2.75, 3.05) is 0 Å². The lowest BCUT2D eigenvalue weighted by molar-refractivity contribution is 0.242. The quantitative estimate of drug-likeness (QED) is 0.813. The molecule has 2 rings (SSSR count). The Balaban J connectivity index is 1.94. The van der Waals surface area contributed by atoms with Crippen LogP contribution >= 0.6 is 11.6 Å². The van der Waals surface area contributed by atoms with Crippen molar-refractivity contribution in [2.24, 2.45) is 0 Å². The molecule has 21 heavy (non-hydrogen) atoms.